The molecule has 1 aromatic heterocycles. The molecular formula is C36H53N3O5S. The summed E-state index contributed by atoms with van der Waals surface area (Å²) >= 11 is 1.26. The zero-order valence-electron chi connectivity index (χ0n) is 28.0. The Morgan fingerprint density at radius 3 is 2.24 bits per heavy atom. The lowest BCUT2D eigenvalue weighted by Gasteiger charge is -2.30. The molecule has 3 aliphatic rings. The molecule has 0 spiro atoms. The van der Waals surface area contributed by atoms with Gasteiger partial charge in [0.2, 0.25) is 5.03 Å². The number of phenolic OH excluding ortho intramolecular Hbond substituents is 1. The van der Waals surface area contributed by atoms with Gasteiger partial charge in [-0.3, -0.25) is 24.2 Å². The van der Waals surface area contributed by atoms with E-state index in [1.54, 1.807) is 0 Å². The average Bonchev–Trinajstić information content (AvgIpc) is 3.61. The quantitative estimate of drug-likeness (QED) is 0.182. The lowest BCUT2D eigenvalue weighted by atomic mass is 9.78. The molecular weight excluding hydrogens is 586 g/mol. The first-order chi connectivity index (χ1) is 20.7. The number of thiol groups is 1. The maximum Gasteiger partial charge on any atom is 0.253 e. The second-order valence-corrected chi connectivity index (χ2v) is 17.7. The maximum atomic E-state index is 13.1. The molecule has 248 valence electrons. The van der Waals surface area contributed by atoms with E-state index >= 15 is 0 Å². The summed E-state index contributed by atoms with van der Waals surface area (Å²) in [5, 5.41) is 13.5. The number of aromatic nitrogens is 1. The summed E-state index contributed by atoms with van der Waals surface area (Å²) in [5.74, 6) is 1.20. The molecule has 3 heterocycles. The lowest BCUT2D eigenvalue weighted by molar-refractivity contribution is -0.138. The molecule has 1 aromatic carbocycles. The van der Waals surface area contributed by atoms with E-state index < -0.39 is 0 Å². The number of phenols is 1. The topological polar surface area (TPSA) is 124 Å². The van der Waals surface area contributed by atoms with Crippen LogP contribution in [-0.2, 0) is 39.1 Å². The van der Waals surface area contributed by atoms with Crippen molar-refractivity contribution in [3.8, 4) is 5.75 Å². The second kappa shape index (κ2) is 14.0. The molecule has 1 saturated heterocycles. The first-order valence-corrected chi connectivity index (χ1v) is 17.4. The number of nitrogens with zero attached hydrogens (tertiary/aromatic N) is 2. The number of hydrogen-bond acceptors (Lipinski definition) is 6. The Morgan fingerprint density at radius 1 is 0.956 bits per heavy atom. The van der Waals surface area contributed by atoms with Crippen molar-refractivity contribution in [2.24, 2.45) is 23.2 Å². The zero-order chi connectivity index (χ0) is 31.8. The van der Waals surface area contributed by atoms with E-state index in [0.29, 0.717) is 42.9 Å². The molecule has 2 amide bonds. The van der Waals surface area contributed by atoms with E-state index in [1.165, 1.54) is 44.8 Å². The molecule has 2 aliphatic heterocycles. The van der Waals surface area contributed by atoms with Crippen molar-refractivity contribution in [3.63, 3.8) is 0 Å². The minimum Gasteiger partial charge on any atom is -0.870 e. The molecule has 2 aromatic rings. The first-order valence-electron chi connectivity index (χ1n) is 16.5. The van der Waals surface area contributed by atoms with Crippen LogP contribution >= 0.6 is 0 Å². The van der Waals surface area contributed by atoms with Gasteiger partial charge < -0.3 is 15.6 Å². The summed E-state index contributed by atoms with van der Waals surface area (Å²) in [6, 6.07) is 3.95. The third kappa shape index (κ3) is 8.80. The van der Waals surface area contributed by atoms with Crippen molar-refractivity contribution >= 4 is 40.3 Å². The number of imide groups is 1. The predicted molar refractivity (Wildman–Crippen MR) is 181 cm³/mol. The van der Waals surface area contributed by atoms with E-state index in [1.807, 2.05) is 6.07 Å². The molecule has 0 unspecified atom stereocenters. The Balaban J connectivity index is 0.00000461. The van der Waals surface area contributed by atoms with Crippen LogP contribution in [0.1, 0.15) is 97.6 Å². The number of aromatic hydroxyl groups is 1. The molecule has 0 radical (unpaired) electrons. The summed E-state index contributed by atoms with van der Waals surface area (Å²) in [4.78, 5) is 44.4. The molecule has 45 heavy (non-hydrogen) atoms. The summed E-state index contributed by atoms with van der Waals surface area (Å²) in [6.07, 6.45) is 9.80. The van der Waals surface area contributed by atoms with Crippen LogP contribution in [0, 0.1) is 23.2 Å². The van der Waals surface area contributed by atoms with Gasteiger partial charge in [-0.15, -0.1) is 0 Å². The van der Waals surface area contributed by atoms with Crippen LogP contribution in [0.25, 0.3) is 10.9 Å². The molecule has 1 atom stereocenters. The largest absolute Gasteiger partial charge is 0.870 e. The zero-order valence-corrected chi connectivity index (χ0v) is 28.9. The SMILES string of the molecule is CC(C)(C)Cc1c([SH+]C(C)(C)C)[nH]c2c(CN3CC[C@H](CCC(=O)C4CCC(CN5C(=O)C=CC5=O)CC4)C3)c(O)ccc12.[OH-]. The third-order valence-electron chi connectivity index (χ3n) is 9.49. The van der Waals surface area contributed by atoms with Crippen molar-refractivity contribution < 1.29 is 25.0 Å². The van der Waals surface area contributed by atoms with Crippen molar-refractivity contribution in [3.05, 3.63) is 35.4 Å². The van der Waals surface area contributed by atoms with Crippen molar-refractivity contribution in [2.45, 2.75) is 109 Å². The van der Waals surface area contributed by atoms with Crippen molar-refractivity contribution in [1.82, 2.24) is 14.8 Å². The fourth-order valence-electron chi connectivity index (χ4n) is 7.26. The number of carbonyl (C=O) groups excluding carboxylic acids is 3. The molecule has 0 bridgehead atoms. The van der Waals surface area contributed by atoms with E-state index in [9.17, 15) is 19.5 Å². The van der Waals surface area contributed by atoms with Crippen LogP contribution in [0.3, 0.4) is 0 Å². The highest BCUT2D eigenvalue weighted by Crippen LogP contribution is 2.38. The molecule has 5 rings (SSSR count). The molecule has 3 N–H and O–H groups in total. The van der Waals surface area contributed by atoms with Gasteiger partial charge in [-0.2, -0.15) is 0 Å². The van der Waals surface area contributed by atoms with Gasteiger partial charge >= 0.3 is 0 Å². The first kappa shape index (κ1) is 35.2. The maximum absolute atomic E-state index is 13.1. The van der Waals surface area contributed by atoms with Crippen LogP contribution in [0.5, 0.6) is 5.75 Å². The summed E-state index contributed by atoms with van der Waals surface area (Å²) < 4.78 is 0.126. The number of fused-ring (bicyclic) bond motifs is 1. The number of nitrogens with one attached hydrogen (secondary N) is 1. The molecule has 9 heteroatoms. The Hall–Kier alpha value is -2.62. The van der Waals surface area contributed by atoms with Gasteiger partial charge in [-0.25, -0.2) is 0 Å². The Kier molecular flexibility index (Phi) is 11.0. The predicted octanol–water partition coefficient (Wildman–Crippen LogP) is 6.16. The highest BCUT2D eigenvalue weighted by Gasteiger charge is 2.33. The van der Waals surface area contributed by atoms with Gasteiger partial charge in [-0.05, 0) is 102 Å². The molecule has 8 nitrogen and oxygen atoms in total. The van der Waals surface area contributed by atoms with E-state index in [4.69, 9.17) is 0 Å². The average molecular weight is 640 g/mol. The molecule has 2 fully saturated rings. The standard InChI is InChI=1S/C36H51N3O4S.H2O/c1-35(2,3)19-27-26-12-14-30(41)28(33(26)37-34(27)44-36(4,5)6)22-38-18-17-24(20-38)9-13-29(40)25-10-7-23(8-11-25)21-39-31(42)15-16-32(39)43;/h12,14-16,23-25,37,41H,7-11,13,17-22H2,1-6H3;1H2/t23?,24-,25?;/m0./s1. The minimum atomic E-state index is -0.214. The number of amides is 2. The minimum absolute atomic E-state index is 0. The number of rotatable bonds is 10. The summed E-state index contributed by atoms with van der Waals surface area (Å²) in [5.41, 5.74) is 3.57. The Labute approximate surface area is 272 Å². The lowest BCUT2D eigenvalue weighted by Crippen LogP contribution is -2.36. The van der Waals surface area contributed by atoms with Gasteiger partial charge in [0.15, 0.2) is 0 Å². The number of Topliss-reactive ketones (excluding diaryl/α,β-unsaturated/α-hetero) is 1. The summed E-state index contributed by atoms with van der Waals surface area (Å²) in [6.45, 7) is 16.7. The van der Waals surface area contributed by atoms with Gasteiger partial charge in [0.1, 0.15) is 16.3 Å². The number of ketones is 1. The van der Waals surface area contributed by atoms with Gasteiger partial charge in [0.05, 0.1) is 5.52 Å². The van der Waals surface area contributed by atoms with Crippen LogP contribution in [0.15, 0.2) is 29.3 Å². The Morgan fingerprint density at radius 2 is 1.62 bits per heavy atom. The van der Waals surface area contributed by atoms with E-state index in [-0.39, 0.29) is 33.4 Å². The fraction of sp³-hybridized carbons (Fsp3) is 0.639. The summed E-state index contributed by atoms with van der Waals surface area (Å²) in [7, 11) is 0. The van der Waals surface area contributed by atoms with Crippen molar-refractivity contribution in [2.75, 3.05) is 19.6 Å². The third-order valence-corrected chi connectivity index (χ3v) is 10.8. The highest BCUT2D eigenvalue weighted by molar-refractivity contribution is 7.80. The number of aromatic amines is 1. The number of hydrogen-bond donors (Lipinski definition) is 2. The van der Waals surface area contributed by atoms with Crippen LogP contribution < -0.4 is 0 Å². The normalized spacial score (nSPS) is 22.9. The van der Waals surface area contributed by atoms with E-state index in [0.717, 1.165) is 69.1 Å². The van der Waals surface area contributed by atoms with E-state index in [2.05, 4.69) is 57.5 Å². The smallest absolute Gasteiger partial charge is 0.253 e. The number of benzene rings is 1. The second-order valence-electron chi connectivity index (χ2n) is 15.7. The van der Waals surface area contributed by atoms with Crippen molar-refractivity contribution in [1.29, 1.82) is 0 Å². The van der Waals surface area contributed by atoms with Gasteiger partial charge in [0.25, 0.3) is 11.8 Å². The molecule has 1 saturated carbocycles. The van der Waals surface area contributed by atoms with Crippen LogP contribution in [0.2, 0.25) is 0 Å². The highest BCUT2D eigenvalue weighted by atomic mass is 32.2. The fourth-order valence-corrected chi connectivity index (χ4v) is 8.43. The number of likely N-dealkylation sites (tertiary alicyclic amines) is 1. The van der Waals surface area contributed by atoms with Gasteiger partial charge in [-0.1, -0.05) is 20.8 Å². The number of carbonyl (C=O) groups is 3. The number of H-pyrrole nitrogens is 1. The van der Waals surface area contributed by atoms with Crippen LogP contribution in [-0.4, -0.2) is 67.3 Å². The molecule has 1 aliphatic carbocycles. The Bertz CT molecular complexity index is 1410. The van der Waals surface area contributed by atoms with Crippen LogP contribution in [0.4, 0.5) is 0 Å². The monoisotopic (exact) mass is 639 g/mol. The van der Waals surface area contributed by atoms with Gasteiger partial charge in [0, 0.05) is 72.4 Å².